The average molecular weight is 217 g/mol. The van der Waals surface area contributed by atoms with E-state index in [0.29, 0.717) is 25.7 Å². The summed E-state index contributed by atoms with van der Waals surface area (Å²) in [5.41, 5.74) is 0. The van der Waals surface area contributed by atoms with E-state index >= 15 is 0 Å². The number of ether oxygens (including phenoxy) is 2. The average Bonchev–Trinajstić information content (AvgIpc) is 2.19. The molecule has 0 fully saturated rings. The molecule has 0 aliphatic heterocycles. The van der Waals surface area contributed by atoms with Crippen molar-refractivity contribution in [1.82, 2.24) is 5.32 Å². The van der Waals surface area contributed by atoms with Gasteiger partial charge in [0.15, 0.2) is 0 Å². The Morgan fingerprint density at radius 3 is 2.60 bits per heavy atom. The van der Waals surface area contributed by atoms with Crippen LogP contribution in [0.4, 0.5) is 0 Å². The van der Waals surface area contributed by atoms with Gasteiger partial charge in [0.25, 0.3) is 0 Å². The second-order valence-electron chi connectivity index (χ2n) is 3.78. The van der Waals surface area contributed by atoms with Gasteiger partial charge in [0.2, 0.25) is 0 Å². The molecule has 0 aromatic carbocycles. The van der Waals surface area contributed by atoms with Crippen molar-refractivity contribution < 1.29 is 14.3 Å². The molecule has 4 heteroatoms. The van der Waals surface area contributed by atoms with Crippen LogP contribution in [-0.4, -0.2) is 38.9 Å². The maximum absolute atomic E-state index is 11.2. The summed E-state index contributed by atoms with van der Waals surface area (Å²) in [6.45, 7) is 6.14. The summed E-state index contributed by atoms with van der Waals surface area (Å²) in [7, 11) is 1.64. The van der Waals surface area contributed by atoms with E-state index in [1.165, 1.54) is 0 Å². The van der Waals surface area contributed by atoms with Crippen molar-refractivity contribution in [1.29, 1.82) is 0 Å². The van der Waals surface area contributed by atoms with Crippen molar-refractivity contribution in [3.05, 3.63) is 0 Å². The Balaban J connectivity index is 3.19. The maximum atomic E-state index is 11.2. The first kappa shape index (κ1) is 14.4. The molecule has 15 heavy (non-hydrogen) atoms. The summed E-state index contributed by atoms with van der Waals surface area (Å²) in [5, 5.41) is 3.25. The Morgan fingerprint density at radius 1 is 1.27 bits per heavy atom. The number of nitrogens with one attached hydrogen (secondary N) is 1. The molecule has 0 saturated heterocycles. The van der Waals surface area contributed by atoms with Crippen molar-refractivity contribution in [2.24, 2.45) is 0 Å². The lowest BCUT2D eigenvalue weighted by Crippen LogP contribution is -2.24. The molecule has 0 aliphatic rings. The van der Waals surface area contributed by atoms with Gasteiger partial charge in [-0.3, -0.25) is 4.79 Å². The van der Waals surface area contributed by atoms with Gasteiger partial charge in [-0.2, -0.15) is 0 Å². The lowest BCUT2D eigenvalue weighted by Gasteiger charge is -2.07. The smallest absolute Gasteiger partial charge is 0.305 e. The fourth-order valence-electron chi connectivity index (χ4n) is 1.08. The minimum Gasteiger partial charge on any atom is -0.466 e. The van der Waals surface area contributed by atoms with Crippen molar-refractivity contribution >= 4 is 5.97 Å². The van der Waals surface area contributed by atoms with Crippen molar-refractivity contribution in [2.45, 2.75) is 39.2 Å². The van der Waals surface area contributed by atoms with Crippen molar-refractivity contribution in [2.75, 3.05) is 26.9 Å². The van der Waals surface area contributed by atoms with Crippen LogP contribution in [0.2, 0.25) is 0 Å². The van der Waals surface area contributed by atoms with Gasteiger partial charge in [0.05, 0.1) is 6.61 Å². The molecular weight excluding hydrogens is 194 g/mol. The number of carbonyl (C=O) groups excluding carboxylic acids is 1. The normalized spacial score (nSPS) is 10.7. The molecule has 0 bridgehead atoms. The first-order valence-electron chi connectivity index (χ1n) is 5.54. The maximum Gasteiger partial charge on any atom is 0.305 e. The summed E-state index contributed by atoms with van der Waals surface area (Å²) >= 11 is 0. The number of hydrogen-bond acceptors (Lipinski definition) is 4. The summed E-state index contributed by atoms with van der Waals surface area (Å²) in [5.74, 6) is -0.114. The molecule has 0 aromatic heterocycles. The van der Waals surface area contributed by atoms with Crippen LogP contribution >= 0.6 is 0 Å². The highest BCUT2D eigenvalue weighted by atomic mass is 16.5. The van der Waals surface area contributed by atoms with Gasteiger partial charge in [-0.05, 0) is 13.0 Å². The third-order valence-electron chi connectivity index (χ3n) is 1.87. The van der Waals surface area contributed by atoms with Gasteiger partial charge in [-0.25, -0.2) is 0 Å². The molecule has 0 rings (SSSR count). The topological polar surface area (TPSA) is 47.6 Å². The zero-order chi connectivity index (χ0) is 11.5. The fraction of sp³-hybridized carbons (Fsp3) is 0.909. The van der Waals surface area contributed by atoms with Crippen molar-refractivity contribution in [3.8, 4) is 0 Å². The molecule has 90 valence electrons. The van der Waals surface area contributed by atoms with Gasteiger partial charge < -0.3 is 14.8 Å². The summed E-state index contributed by atoms with van der Waals surface area (Å²) in [6.07, 6.45) is 2.10. The molecule has 0 unspecified atom stereocenters. The van der Waals surface area contributed by atoms with Crippen LogP contribution in [0.5, 0.6) is 0 Å². The lowest BCUT2D eigenvalue weighted by atomic mass is 10.3. The monoisotopic (exact) mass is 217 g/mol. The minimum absolute atomic E-state index is 0.114. The van der Waals surface area contributed by atoms with E-state index in [0.717, 1.165) is 19.4 Å². The highest BCUT2D eigenvalue weighted by Gasteiger charge is 2.02. The molecule has 0 atom stereocenters. The molecular formula is C11H23NO3. The van der Waals surface area contributed by atoms with Gasteiger partial charge >= 0.3 is 5.97 Å². The molecule has 0 aromatic rings. The fourth-order valence-corrected chi connectivity index (χ4v) is 1.08. The standard InChI is InChI=1S/C11H23NO3/c1-10(2)12-7-4-6-11(13)15-9-5-8-14-3/h10,12H,4-9H2,1-3H3. The van der Waals surface area contributed by atoms with Gasteiger partial charge in [0.1, 0.15) is 0 Å². The molecule has 0 saturated carbocycles. The highest BCUT2D eigenvalue weighted by molar-refractivity contribution is 5.69. The van der Waals surface area contributed by atoms with Crippen LogP contribution < -0.4 is 5.32 Å². The van der Waals surface area contributed by atoms with Crippen LogP contribution in [0.3, 0.4) is 0 Å². The Kier molecular flexibility index (Phi) is 9.52. The van der Waals surface area contributed by atoms with Crippen LogP contribution in [0.25, 0.3) is 0 Å². The lowest BCUT2D eigenvalue weighted by molar-refractivity contribution is -0.144. The van der Waals surface area contributed by atoms with E-state index < -0.39 is 0 Å². The van der Waals surface area contributed by atoms with E-state index in [1.54, 1.807) is 7.11 Å². The van der Waals surface area contributed by atoms with Crippen LogP contribution in [0.1, 0.15) is 33.1 Å². The third kappa shape index (κ3) is 11.3. The number of carbonyl (C=O) groups is 1. The Hall–Kier alpha value is -0.610. The second kappa shape index (κ2) is 9.93. The predicted octanol–water partition coefficient (Wildman–Crippen LogP) is 1.34. The molecule has 0 aliphatic carbocycles. The second-order valence-corrected chi connectivity index (χ2v) is 3.78. The van der Waals surface area contributed by atoms with Crippen LogP contribution in [0.15, 0.2) is 0 Å². The largest absolute Gasteiger partial charge is 0.466 e. The zero-order valence-corrected chi connectivity index (χ0v) is 10.0. The number of rotatable bonds is 9. The molecule has 4 nitrogen and oxygen atoms in total. The van der Waals surface area contributed by atoms with Gasteiger partial charge in [-0.15, -0.1) is 0 Å². The molecule has 1 N–H and O–H groups in total. The van der Waals surface area contributed by atoms with Crippen LogP contribution in [-0.2, 0) is 14.3 Å². The summed E-state index contributed by atoms with van der Waals surface area (Å²) in [4.78, 5) is 11.2. The van der Waals surface area contributed by atoms with Crippen molar-refractivity contribution in [3.63, 3.8) is 0 Å². The Labute approximate surface area is 92.3 Å². The number of methoxy groups -OCH3 is 1. The summed E-state index contributed by atoms with van der Waals surface area (Å²) in [6, 6.07) is 0.475. The molecule has 0 amide bonds. The predicted molar refractivity (Wildman–Crippen MR) is 59.8 cm³/mol. The first-order chi connectivity index (χ1) is 7.16. The highest BCUT2D eigenvalue weighted by Crippen LogP contribution is 1.94. The van der Waals surface area contributed by atoms with Crippen LogP contribution in [0, 0.1) is 0 Å². The van der Waals surface area contributed by atoms with E-state index in [9.17, 15) is 4.79 Å². The van der Waals surface area contributed by atoms with E-state index in [2.05, 4.69) is 19.2 Å². The quantitative estimate of drug-likeness (QED) is 0.468. The van der Waals surface area contributed by atoms with E-state index in [1.807, 2.05) is 0 Å². The SMILES string of the molecule is COCCCOC(=O)CCCNC(C)C. The summed E-state index contributed by atoms with van der Waals surface area (Å²) < 4.78 is 9.85. The molecule has 0 spiro atoms. The Bertz CT molecular complexity index is 160. The third-order valence-corrected chi connectivity index (χ3v) is 1.87. The number of esters is 1. The zero-order valence-electron chi connectivity index (χ0n) is 10.0. The van der Waals surface area contributed by atoms with E-state index in [4.69, 9.17) is 9.47 Å². The van der Waals surface area contributed by atoms with Gasteiger partial charge in [0, 0.05) is 32.6 Å². The van der Waals surface area contributed by atoms with E-state index in [-0.39, 0.29) is 5.97 Å². The molecule has 0 radical (unpaired) electrons. The first-order valence-corrected chi connectivity index (χ1v) is 5.54. The van der Waals surface area contributed by atoms with Gasteiger partial charge in [-0.1, -0.05) is 13.8 Å². The Morgan fingerprint density at radius 2 is 2.00 bits per heavy atom. The molecule has 0 heterocycles. The minimum atomic E-state index is -0.114. The number of hydrogen-bond donors (Lipinski definition) is 1.